The fourth-order valence-electron chi connectivity index (χ4n) is 3.17. The van der Waals surface area contributed by atoms with Gasteiger partial charge in [0.15, 0.2) is 5.82 Å². The molecule has 4 rings (SSSR count). The van der Waals surface area contributed by atoms with Crippen molar-refractivity contribution in [3.05, 3.63) is 93.2 Å². The van der Waals surface area contributed by atoms with Gasteiger partial charge >= 0.3 is 0 Å². The van der Waals surface area contributed by atoms with Gasteiger partial charge in [0.2, 0.25) is 5.82 Å². The Hall–Kier alpha value is -2.96. The Labute approximate surface area is 187 Å². The molecule has 0 fully saturated rings. The van der Waals surface area contributed by atoms with Crippen LogP contribution in [-0.4, -0.2) is 20.7 Å². The minimum atomic E-state index is -0.369. The van der Waals surface area contributed by atoms with Gasteiger partial charge in [0.25, 0.3) is 5.91 Å². The second kappa shape index (κ2) is 8.42. The van der Waals surface area contributed by atoms with Crippen molar-refractivity contribution in [1.82, 2.24) is 14.8 Å². The van der Waals surface area contributed by atoms with Crippen molar-refractivity contribution >= 4 is 39.1 Å². The molecule has 30 heavy (non-hydrogen) atoms. The minimum Gasteiger partial charge on any atom is -0.319 e. The van der Waals surface area contributed by atoms with Crippen LogP contribution in [0.3, 0.4) is 0 Å². The van der Waals surface area contributed by atoms with Crippen LogP contribution in [0.15, 0.2) is 71.2 Å². The number of anilines is 1. The number of para-hydroxylation sites is 1. The van der Waals surface area contributed by atoms with Crippen molar-refractivity contribution in [3.8, 4) is 17.1 Å². The molecular formula is C23H18BrClN4O. The molecule has 4 aromatic rings. The van der Waals surface area contributed by atoms with E-state index in [9.17, 15) is 4.79 Å². The van der Waals surface area contributed by atoms with E-state index in [4.69, 9.17) is 11.6 Å². The van der Waals surface area contributed by atoms with Gasteiger partial charge in [-0.05, 0) is 61.4 Å². The van der Waals surface area contributed by atoms with E-state index in [1.807, 2.05) is 68.4 Å². The Balaban J connectivity index is 1.78. The maximum Gasteiger partial charge on any atom is 0.295 e. The van der Waals surface area contributed by atoms with Crippen LogP contribution in [0.1, 0.15) is 21.7 Å². The highest BCUT2D eigenvalue weighted by atomic mass is 79.9. The first kappa shape index (κ1) is 20.3. The first-order valence-corrected chi connectivity index (χ1v) is 10.5. The molecule has 150 valence electrons. The van der Waals surface area contributed by atoms with E-state index in [-0.39, 0.29) is 11.7 Å². The smallest absolute Gasteiger partial charge is 0.295 e. The summed E-state index contributed by atoms with van der Waals surface area (Å²) in [7, 11) is 0. The van der Waals surface area contributed by atoms with Gasteiger partial charge in [-0.15, -0.1) is 5.10 Å². The van der Waals surface area contributed by atoms with Crippen LogP contribution >= 0.6 is 27.5 Å². The molecule has 0 spiro atoms. The van der Waals surface area contributed by atoms with Crippen LogP contribution < -0.4 is 5.32 Å². The predicted molar refractivity (Wildman–Crippen MR) is 123 cm³/mol. The number of carbonyl (C=O) groups is 1. The van der Waals surface area contributed by atoms with Gasteiger partial charge in [-0.1, -0.05) is 57.9 Å². The van der Waals surface area contributed by atoms with Crippen molar-refractivity contribution in [2.45, 2.75) is 13.8 Å². The number of hydrogen-bond acceptors (Lipinski definition) is 3. The molecule has 1 N–H and O–H groups in total. The van der Waals surface area contributed by atoms with E-state index in [0.29, 0.717) is 10.8 Å². The first-order valence-electron chi connectivity index (χ1n) is 9.29. The molecule has 0 radical (unpaired) electrons. The normalized spacial score (nSPS) is 10.8. The topological polar surface area (TPSA) is 59.8 Å². The summed E-state index contributed by atoms with van der Waals surface area (Å²) in [6, 6.07) is 20.8. The van der Waals surface area contributed by atoms with E-state index in [1.165, 1.54) is 0 Å². The molecule has 3 aromatic carbocycles. The maximum atomic E-state index is 13.0. The Morgan fingerprint density at radius 1 is 1.00 bits per heavy atom. The third-order valence-corrected chi connectivity index (χ3v) is 5.45. The number of benzene rings is 3. The number of amides is 1. The van der Waals surface area contributed by atoms with Gasteiger partial charge in [0.1, 0.15) is 0 Å². The van der Waals surface area contributed by atoms with Crippen molar-refractivity contribution < 1.29 is 4.79 Å². The average Bonchev–Trinajstić information content (AvgIpc) is 3.17. The third-order valence-electron chi connectivity index (χ3n) is 4.68. The monoisotopic (exact) mass is 480 g/mol. The van der Waals surface area contributed by atoms with Gasteiger partial charge in [0.05, 0.1) is 5.69 Å². The van der Waals surface area contributed by atoms with Crippen LogP contribution in [0, 0.1) is 13.8 Å². The van der Waals surface area contributed by atoms with Crippen molar-refractivity contribution in [2.24, 2.45) is 0 Å². The summed E-state index contributed by atoms with van der Waals surface area (Å²) in [4.78, 5) is 17.5. The molecule has 0 aliphatic heterocycles. The average molecular weight is 482 g/mol. The zero-order valence-electron chi connectivity index (χ0n) is 16.4. The molecular weight excluding hydrogens is 464 g/mol. The number of aryl methyl sites for hydroxylation is 2. The van der Waals surface area contributed by atoms with E-state index in [2.05, 4.69) is 31.3 Å². The number of nitrogens with one attached hydrogen (secondary N) is 1. The highest BCUT2D eigenvalue weighted by Gasteiger charge is 2.20. The summed E-state index contributed by atoms with van der Waals surface area (Å²) < 4.78 is 2.60. The Morgan fingerprint density at radius 2 is 1.67 bits per heavy atom. The fourth-order valence-corrected chi connectivity index (χ4v) is 3.62. The summed E-state index contributed by atoms with van der Waals surface area (Å²) in [6.45, 7) is 3.90. The van der Waals surface area contributed by atoms with Crippen LogP contribution in [0.5, 0.6) is 0 Å². The summed E-state index contributed by atoms with van der Waals surface area (Å²) >= 11 is 9.63. The lowest BCUT2D eigenvalue weighted by molar-refractivity contribution is 0.101. The van der Waals surface area contributed by atoms with Crippen LogP contribution in [-0.2, 0) is 0 Å². The Morgan fingerprint density at radius 3 is 2.33 bits per heavy atom. The molecule has 0 saturated heterocycles. The zero-order valence-corrected chi connectivity index (χ0v) is 18.7. The van der Waals surface area contributed by atoms with Gasteiger partial charge < -0.3 is 5.32 Å². The fraction of sp³-hybridized carbons (Fsp3) is 0.0870. The van der Waals surface area contributed by atoms with Crippen molar-refractivity contribution in [3.63, 3.8) is 0 Å². The third kappa shape index (κ3) is 4.15. The molecule has 0 saturated carbocycles. The molecule has 0 aliphatic rings. The maximum absolute atomic E-state index is 13.0. The predicted octanol–water partition coefficient (Wildman–Crippen LogP) is 6.22. The van der Waals surface area contributed by atoms with Crippen molar-refractivity contribution in [2.75, 3.05) is 5.32 Å². The van der Waals surface area contributed by atoms with Gasteiger partial charge in [-0.2, -0.15) is 0 Å². The second-order valence-electron chi connectivity index (χ2n) is 6.88. The van der Waals surface area contributed by atoms with Crippen LogP contribution in [0.2, 0.25) is 5.02 Å². The van der Waals surface area contributed by atoms with E-state index < -0.39 is 0 Å². The van der Waals surface area contributed by atoms with Crippen LogP contribution in [0.25, 0.3) is 17.1 Å². The highest BCUT2D eigenvalue weighted by Crippen LogP contribution is 2.26. The summed E-state index contributed by atoms with van der Waals surface area (Å²) in [6.07, 6.45) is 0. The van der Waals surface area contributed by atoms with Crippen molar-refractivity contribution in [1.29, 1.82) is 0 Å². The summed E-state index contributed by atoms with van der Waals surface area (Å²) in [5, 5.41) is 8.04. The SMILES string of the molecule is Cc1cccc(C)c1NC(=O)c1nc(-c2cccc(Cl)c2)n(-c2ccc(Br)cc2)n1. The number of rotatable bonds is 4. The Kier molecular flexibility index (Phi) is 5.70. The standard InChI is InChI=1S/C23H18BrClN4O/c1-14-5-3-6-15(2)20(14)26-23(30)21-27-22(16-7-4-8-18(25)13-16)29(28-21)19-11-9-17(24)10-12-19/h3-13H,1-2H3,(H,26,30). The van der Waals surface area contributed by atoms with E-state index in [1.54, 1.807) is 16.8 Å². The highest BCUT2D eigenvalue weighted by molar-refractivity contribution is 9.10. The molecule has 0 unspecified atom stereocenters. The molecule has 1 aromatic heterocycles. The second-order valence-corrected chi connectivity index (χ2v) is 8.23. The van der Waals surface area contributed by atoms with Gasteiger partial charge in [-0.3, -0.25) is 4.79 Å². The van der Waals surface area contributed by atoms with Gasteiger partial charge in [0, 0.05) is 20.7 Å². The Bertz CT molecular complexity index is 1210. The molecule has 1 heterocycles. The zero-order chi connectivity index (χ0) is 21.3. The molecule has 5 nitrogen and oxygen atoms in total. The number of halogens is 2. The number of carbonyl (C=O) groups excluding carboxylic acids is 1. The number of aromatic nitrogens is 3. The molecule has 0 atom stereocenters. The van der Waals surface area contributed by atoms with Gasteiger partial charge in [-0.25, -0.2) is 9.67 Å². The van der Waals surface area contributed by atoms with Crippen LogP contribution in [0.4, 0.5) is 5.69 Å². The largest absolute Gasteiger partial charge is 0.319 e. The quantitative estimate of drug-likeness (QED) is 0.376. The molecule has 7 heteroatoms. The molecule has 1 amide bonds. The number of hydrogen-bond donors (Lipinski definition) is 1. The minimum absolute atomic E-state index is 0.0792. The summed E-state index contributed by atoms with van der Waals surface area (Å²) in [5.41, 5.74) is 4.28. The molecule has 0 bridgehead atoms. The number of nitrogens with zero attached hydrogens (tertiary/aromatic N) is 3. The lowest BCUT2D eigenvalue weighted by Gasteiger charge is -2.09. The lowest BCUT2D eigenvalue weighted by atomic mass is 10.1. The summed E-state index contributed by atoms with van der Waals surface area (Å²) in [5.74, 6) is 0.244. The first-order chi connectivity index (χ1) is 14.4. The van der Waals surface area contributed by atoms with E-state index in [0.717, 1.165) is 32.5 Å². The molecule has 0 aliphatic carbocycles. The lowest BCUT2D eigenvalue weighted by Crippen LogP contribution is -2.16. The van der Waals surface area contributed by atoms with E-state index >= 15 is 0 Å².